The average Bonchev–Trinajstić information content (AvgIpc) is 0.918. The molecule has 0 aromatic carbocycles. The van der Waals surface area contributed by atoms with Crippen molar-refractivity contribution in [1.29, 1.82) is 0 Å². The Kier molecular flexibility index (Phi) is 21.7. The van der Waals surface area contributed by atoms with Gasteiger partial charge >= 0.3 is 78.4 Å². The van der Waals surface area contributed by atoms with Gasteiger partial charge in [-0.05, 0) is 0 Å². The van der Waals surface area contributed by atoms with E-state index in [4.69, 9.17) is 0 Å². The predicted molar refractivity (Wildman–Crippen MR) is 21.7 cm³/mol. The molecule has 0 atom stereocenters. The number of rotatable bonds is 0. The Labute approximate surface area is 76.8 Å². The first-order valence-corrected chi connectivity index (χ1v) is 1.57. The Bertz CT molecular complexity index is 15.5. The molecular weight excluding hydrogens is 113 g/mol. The summed E-state index contributed by atoms with van der Waals surface area (Å²) >= 11 is 4.18. The third-order valence-corrected chi connectivity index (χ3v) is 0. The van der Waals surface area contributed by atoms with Crippen molar-refractivity contribution in [2.75, 3.05) is 0 Å². The van der Waals surface area contributed by atoms with Crippen LogP contribution in [0.2, 0.25) is 0 Å². The maximum atomic E-state index is 4.18. The van der Waals surface area contributed by atoms with Crippen LogP contribution in [-0.2, 0) is 0 Å². The van der Waals surface area contributed by atoms with Crippen molar-refractivity contribution in [3.8, 4) is 0 Å². The number of hydrogen-bond acceptors (Lipinski definition) is 1. The van der Waals surface area contributed by atoms with Crippen LogP contribution in [0.5, 0.6) is 0 Å². The van der Waals surface area contributed by atoms with Gasteiger partial charge in [-0.25, -0.2) is 0 Å². The first-order chi connectivity index (χ1) is 1.41. The second-order valence-corrected chi connectivity index (χ2v) is 1.06. The first kappa shape index (κ1) is 9.61. The molecule has 0 saturated carbocycles. The van der Waals surface area contributed by atoms with Crippen LogP contribution in [0.4, 0.5) is 0 Å². The Morgan fingerprint density at radius 1 is 1.75 bits per heavy atom. The number of hydrogen-bond donors (Lipinski definition) is 0. The zero-order valence-electron chi connectivity index (χ0n) is 2.49. The van der Waals surface area contributed by atoms with Gasteiger partial charge in [0.2, 0.25) is 0 Å². The van der Waals surface area contributed by atoms with E-state index in [1.807, 2.05) is 0 Å². The van der Waals surface area contributed by atoms with Crippen LogP contribution in [0.15, 0.2) is 0 Å². The minimum atomic E-state index is 0. The summed E-state index contributed by atoms with van der Waals surface area (Å²) < 4.78 is 0. The quantitative estimate of drug-likeness (QED) is 0.256. The van der Waals surface area contributed by atoms with Crippen molar-refractivity contribution in [3.05, 3.63) is 0 Å². The van der Waals surface area contributed by atoms with E-state index >= 15 is 0 Å². The van der Waals surface area contributed by atoms with Crippen LogP contribution in [0.1, 0.15) is 0 Å². The van der Waals surface area contributed by atoms with Crippen molar-refractivity contribution in [3.63, 3.8) is 0 Å². The fourth-order valence-corrected chi connectivity index (χ4v) is 0. The fraction of sp³-hybridized carbons (Fsp3) is 0. The van der Waals surface area contributed by atoms with Crippen molar-refractivity contribution in [2.45, 2.75) is 0 Å². The second kappa shape index (κ2) is 9.02. The molecule has 0 nitrogen and oxygen atoms in total. The molecule has 0 amide bonds. The predicted octanol–water partition coefficient (Wildman–Crippen LogP) is -2.14. The van der Waals surface area contributed by atoms with E-state index in [1.165, 1.54) is 5.87 Å². The molecule has 0 fully saturated rings. The monoisotopic (exact) mass is 114 g/mol. The molecule has 0 aliphatic heterocycles. The van der Waals surface area contributed by atoms with E-state index in [2.05, 4.69) is 21.2 Å². The summed E-state index contributed by atoms with van der Waals surface area (Å²) in [6.07, 6.45) is 0. The molecule has 0 saturated heterocycles. The molecule has 16 valence electrons. The molecule has 0 aliphatic rings. The average molecular weight is 114 g/mol. The topological polar surface area (TPSA) is 0 Å². The van der Waals surface area contributed by atoms with E-state index in [0.29, 0.717) is 0 Å². The van der Waals surface area contributed by atoms with Crippen LogP contribution >= 0.6 is 21.2 Å². The van der Waals surface area contributed by atoms with Gasteiger partial charge < -0.3 is 0 Å². The Balaban J connectivity index is 0. The van der Waals surface area contributed by atoms with Gasteiger partial charge in [0.25, 0.3) is 0 Å². The third-order valence-electron chi connectivity index (χ3n) is 0. The Morgan fingerprint density at radius 3 is 1.75 bits per heavy atom. The molecule has 0 aliphatic carbocycles. The van der Waals surface area contributed by atoms with Gasteiger partial charge in [-0.1, -0.05) is 0 Å². The van der Waals surface area contributed by atoms with Gasteiger partial charge in [0, 0.05) is 0 Å². The molecular formula is HBKPS. The molecule has 4 heteroatoms. The van der Waals surface area contributed by atoms with E-state index in [0.717, 1.165) is 0 Å². The summed E-state index contributed by atoms with van der Waals surface area (Å²) in [5.41, 5.74) is 0. The SMILES string of the molecule is [K+].[PH-]B=S. The molecule has 4 heavy (non-hydrogen) atoms. The Hall–Kier alpha value is 2.35. The van der Waals surface area contributed by atoms with Gasteiger partial charge in [-0.3, -0.25) is 0 Å². The normalized spacial score (nSPS) is 2.25. The standard InChI is InChI=1S/BHPS.K/c2-1-3;/h2H;/q-1;+1. The van der Waals surface area contributed by atoms with Crippen LogP contribution in [-0.4, -0.2) is 5.87 Å². The van der Waals surface area contributed by atoms with E-state index in [1.54, 1.807) is 0 Å². The molecule has 0 rings (SSSR count). The first-order valence-electron chi connectivity index (χ1n) is 0.524. The van der Waals surface area contributed by atoms with Crippen molar-refractivity contribution >= 4 is 27.0 Å². The van der Waals surface area contributed by atoms with Gasteiger partial charge in [0.1, 0.15) is 0 Å². The summed E-state index contributed by atoms with van der Waals surface area (Å²) in [6, 6.07) is 0. The maximum absolute atomic E-state index is 4.18. The third kappa shape index (κ3) is 8.84. The van der Waals surface area contributed by atoms with Gasteiger partial charge in [0.15, 0.2) is 0 Å². The minimum absolute atomic E-state index is 0. The summed E-state index contributed by atoms with van der Waals surface area (Å²) in [5.74, 6) is 1.39. The zero-order chi connectivity index (χ0) is 2.71. The zero-order valence-corrected chi connectivity index (χ0v) is 7.43. The molecule has 0 spiro atoms. The van der Waals surface area contributed by atoms with Crippen molar-refractivity contribution in [1.82, 2.24) is 0 Å². The molecule has 0 N–H and O–H groups in total. The second-order valence-electron chi connectivity index (χ2n) is 0.118. The molecule has 0 unspecified atom stereocenters. The summed E-state index contributed by atoms with van der Waals surface area (Å²) in [5, 5.41) is 0. The van der Waals surface area contributed by atoms with Crippen molar-refractivity contribution < 1.29 is 51.4 Å². The van der Waals surface area contributed by atoms with E-state index in [9.17, 15) is 0 Å². The fourth-order valence-electron chi connectivity index (χ4n) is 0. The molecule has 0 aromatic heterocycles. The van der Waals surface area contributed by atoms with Gasteiger partial charge in [-0.15, -0.1) is 0 Å². The van der Waals surface area contributed by atoms with Crippen LogP contribution in [0, 0.1) is 0 Å². The van der Waals surface area contributed by atoms with Crippen LogP contribution in [0.25, 0.3) is 0 Å². The molecule has 0 bridgehead atoms. The van der Waals surface area contributed by atoms with Crippen molar-refractivity contribution in [2.24, 2.45) is 0 Å². The van der Waals surface area contributed by atoms with E-state index < -0.39 is 0 Å². The summed E-state index contributed by atoms with van der Waals surface area (Å²) in [4.78, 5) is 0. The Morgan fingerprint density at radius 2 is 1.75 bits per heavy atom. The molecule has 0 heterocycles. The van der Waals surface area contributed by atoms with E-state index in [-0.39, 0.29) is 51.4 Å². The van der Waals surface area contributed by atoms with Crippen LogP contribution < -0.4 is 51.4 Å². The van der Waals surface area contributed by atoms with Gasteiger partial charge in [0.05, 0.1) is 0 Å². The van der Waals surface area contributed by atoms with Gasteiger partial charge in [-0.2, -0.15) is 0 Å². The molecule has 0 aromatic rings. The molecule has 0 radical (unpaired) electrons. The summed E-state index contributed by atoms with van der Waals surface area (Å²) in [7, 11) is 2.87. The van der Waals surface area contributed by atoms with Crippen LogP contribution in [0.3, 0.4) is 0 Å². The summed E-state index contributed by atoms with van der Waals surface area (Å²) in [6.45, 7) is 0.